The van der Waals surface area contributed by atoms with Crippen LogP contribution in [0.2, 0.25) is 0 Å². The molecule has 0 aliphatic carbocycles. The Hall–Kier alpha value is -1.34. The molecule has 0 radical (unpaired) electrons. The van der Waals surface area contributed by atoms with Crippen molar-refractivity contribution in [1.29, 1.82) is 0 Å². The van der Waals surface area contributed by atoms with E-state index in [0.29, 0.717) is 0 Å². The Labute approximate surface area is 97.7 Å². The van der Waals surface area contributed by atoms with Crippen LogP contribution in [0.5, 0.6) is 11.5 Å². The third kappa shape index (κ3) is 2.34. The fourth-order valence-electron chi connectivity index (χ4n) is 1.64. The molecule has 1 fully saturated rings. The van der Waals surface area contributed by atoms with Crippen LogP contribution in [0.1, 0.15) is 0 Å². The number of hydrogen-bond acceptors (Lipinski definition) is 6. The monoisotopic (exact) mass is 242 g/mol. The minimum Gasteiger partial charge on any atom is -0.504 e. The van der Waals surface area contributed by atoms with Crippen LogP contribution in [0, 0.1) is 0 Å². The highest BCUT2D eigenvalue weighted by atomic mass is 16.7. The molecule has 1 aliphatic rings. The molecule has 17 heavy (non-hydrogen) atoms. The predicted molar refractivity (Wildman–Crippen MR) is 56.5 cm³/mol. The maximum atomic E-state index is 9.62. The molecule has 1 aromatic rings. The molecule has 0 saturated carbocycles. The molecule has 1 saturated heterocycles. The molecule has 0 amide bonds. The van der Waals surface area contributed by atoms with Gasteiger partial charge < -0.3 is 29.9 Å². The molecule has 1 heterocycles. The van der Waals surface area contributed by atoms with Gasteiger partial charge in [-0.25, -0.2) is 0 Å². The maximum Gasteiger partial charge on any atom is 0.229 e. The number of phenolic OH excluding ortho intramolecular Hbond substituents is 1. The van der Waals surface area contributed by atoms with Gasteiger partial charge in [-0.1, -0.05) is 12.1 Å². The predicted octanol–water partition coefficient (Wildman–Crippen LogP) is -0.790. The summed E-state index contributed by atoms with van der Waals surface area (Å²) in [5, 5.41) is 37.5. The van der Waals surface area contributed by atoms with E-state index in [-0.39, 0.29) is 11.5 Å². The first-order chi connectivity index (χ1) is 8.13. The fraction of sp³-hybridized carbons (Fsp3) is 0.455. The first-order valence-electron chi connectivity index (χ1n) is 5.20. The van der Waals surface area contributed by atoms with E-state index in [1.54, 1.807) is 12.1 Å². The van der Waals surface area contributed by atoms with E-state index in [2.05, 4.69) is 0 Å². The Kier molecular flexibility index (Phi) is 3.49. The number of phenols is 1. The summed E-state index contributed by atoms with van der Waals surface area (Å²) in [6.07, 6.45) is -4.49. The Morgan fingerprint density at radius 1 is 1.18 bits per heavy atom. The molecule has 4 N–H and O–H groups in total. The largest absolute Gasteiger partial charge is 0.504 e. The molecule has 2 rings (SSSR count). The highest BCUT2D eigenvalue weighted by Crippen LogP contribution is 2.29. The van der Waals surface area contributed by atoms with Gasteiger partial charge in [0.15, 0.2) is 11.5 Å². The first kappa shape index (κ1) is 12.1. The second-order valence-corrected chi connectivity index (χ2v) is 3.79. The Morgan fingerprint density at radius 2 is 1.88 bits per heavy atom. The topological polar surface area (TPSA) is 99.4 Å². The number of aliphatic hydroxyl groups excluding tert-OH is 3. The number of para-hydroxylation sites is 2. The highest BCUT2D eigenvalue weighted by Gasteiger charge is 2.44. The van der Waals surface area contributed by atoms with Gasteiger partial charge >= 0.3 is 0 Å². The highest BCUT2D eigenvalue weighted by molar-refractivity contribution is 5.38. The van der Waals surface area contributed by atoms with Gasteiger partial charge in [-0.3, -0.25) is 0 Å². The molecule has 0 bridgehead atoms. The molecular weight excluding hydrogens is 228 g/mol. The van der Waals surface area contributed by atoms with Crippen molar-refractivity contribution in [1.82, 2.24) is 0 Å². The molecular formula is C11H14O6. The molecule has 1 aromatic carbocycles. The van der Waals surface area contributed by atoms with Crippen LogP contribution in [0.15, 0.2) is 24.3 Å². The van der Waals surface area contributed by atoms with E-state index in [4.69, 9.17) is 14.6 Å². The van der Waals surface area contributed by atoms with Crippen LogP contribution in [-0.2, 0) is 4.74 Å². The van der Waals surface area contributed by atoms with Gasteiger partial charge in [-0.05, 0) is 12.1 Å². The second-order valence-electron chi connectivity index (χ2n) is 3.79. The molecule has 6 nitrogen and oxygen atoms in total. The minimum absolute atomic E-state index is 0.0924. The minimum atomic E-state index is -1.27. The molecule has 0 spiro atoms. The van der Waals surface area contributed by atoms with Crippen molar-refractivity contribution >= 4 is 0 Å². The average Bonchev–Trinajstić information content (AvgIpc) is 2.60. The van der Waals surface area contributed by atoms with Crippen molar-refractivity contribution in [2.45, 2.75) is 24.6 Å². The second kappa shape index (κ2) is 4.89. The Bertz CT molecular complexity index is 382. The zero-order valence-electron chi connectivity index (χ0n) is 8.93. The summed E-state index contributed by atoms with van der Waals surface area (Å²) >= 11 is 0. The normalized spacial score (nSPS) is 32.6. The van der Waals surface area contributed by atoms with Gasteiger partial charge in [-0.2, -0.15) is 0 Å². The summed E-state index contributed by atoms with van der Waals surface area (Å²) < 4.78 is 10.3. The lowest BCUT2D eigenvalue weighted by Gasteiger charge is -2.17. The van der Waals surface area contributed by atoms with E-state index < -0.39 is 31.2 Å². The van der Waals surface area contributed by atoms with Gasteiger partial charge in [0.05, 0.1) is 6.61 Å². The summed E-state index contributed by atoms with van der Waals surface area (Å²) in [6.45, 7) is -0.418. The Morgan fingerprint density at radius 3 is 2.47 bits per heavy atom. The van der Waals surface area contributed by atoms with Gasteiger partial charge in [0, 0.05) is 0 Å². The number of aromatic hydroxyl groups is 1. The summed E-state index contributed by atoms with van der Waals surface area (Å²) in [6, 6.07) is 6.20. The van der Waals surface area contributed by atoms with E-state index in [1.165, 1.54) is 12.1 Å². The summed E-state index contributed by atoms with van der Waals surface area (Å²) in [7, 11) is 0. The van der Waals surface area contributed by atoms with Crippen LogP contribution in [0.4, 0.5) is 0 Å². The number of hydrogen-bond donors (Lipinski definition) is 4. The first-order valence-corrected chi connectivity index (χ1v) is 5.20. The zero-order valence-corrected chi connectivity index (χ0v) is 8.93. The lowest BCUT2D eigenvalue weighted by Crippen LogP contribution is -2.35. The van der Waals surface area contributed by atoms with E-state index in [1.807, 2.05) is 0 Å². The van der Waals surface area contributed by atoms with Gasteiger partial charge in [0.25, 0.3) is 0 Å². The van der Waals surface area contributed by atoms with Gasteiger partial charge in [0.2, 0.25) is 6.29 Å². The van der Waals surface area contributed by atoms with Gasteiger partial charge in [-0.15, -0.1) is 0 Å². The van der Waals surface area contributed by atoms with Crippen LogP contribution < -0.4 is 4.74 Å². The fourth-order valence-corrected chi connectivity index (χ4v) is 1.64. The van der Waals surface area contributed by atoms with Crippen LogP contribution in [0.3, 0.4) is 0 Å². The molecule has 1 unspecified atom stereocenters. The van der Waals surface area contributed by atoms with Crippen molar-refractivity contribution in [2.24, 2.45) is 0 Å². The summed E-state index contributed by atoms with van der Waals surface area (Å²) in [5.41, 5.74) is 0. The molecule has 4 atom stereocenters. The summed E-state index contributed by atoms with van der Waals surface area (Å²) in [5.74, 6) is 0.0487. The molecule has 94 valence electrons. The number of ether oxygens (including phenoxy) is 2. The number of rotatable bonds is 3. The number of aliphatic hydroxyl groups is 3. The smallest absolute Gasteiger partial charge is 0.229 e. The van der Waals surface area contributed by atoms with Crippen molar-refractivity contribution in [3.05, 3.63) is 24.3 Å². The molecule has 1 aliphatic heterocycles. The third-order valence-corrected chi connectivity index (χ3v) is 2.61. The molecule has 6 heteroatoms. The van der Waals surface area contributed by atoms with Crippen LogP contribution in [-0.4, -0.2) is 51.6 Å². The van der Waals surface area contributed by atoms with E-state index in [0.717, 1.165) is 0 Å². The van der Waals surface area contributed by atoms with E-state index in [9.17, 15) is 15.3 Å². The Balaban J connectivity index is 2.08. The van der Waals surface area contributed by atoms with Crippen molar-refractivity contribution < 1.29 is 29.9 Å². The van der Waals surface area contributed by atoms with E-state index >= 15 is 0 Å². The van der Waals surface area contributed by atoms with Crippen LogP contribution >= 0.6 is 0 Å². The SMILES string of the molecule is OC[C@H]1OC(Oc2ccccc2O)[C@H](O)[C@@H]1O. The lowest BCUT2D eigenvalue weighted by molar-refractivity contribution is -0.117. The lowest BCUT2D eigenvalue weighted by atomic mass is 10.1. The van der Waals surface area contributed by atoms with Crippen molar-refractivity contribution in [3.8, 4) is 11.5 Å². The average molecular weight is 242 g/mol. The van der Waals surface area contributed by atoms with Crippen LogP contribution in [0.25, 0.3) is 0 Å². The van der Waals surface area contributed by atoms with Crippen molar-refractivity contribution in [2.75, 3.05) is 6.61 Å². The number of benzene rings is 1. The summed E-state index contributed by atoms with van der Waals surface area (Å²) in [4.78, 5) is 0. The third-order valence-electron chi connectivity index (χ3n) is 2.61. The molecule has 0 aromatic heterocycles. The van der Waals surface area contributed by atoms with Crippen molar-refractivity contribution in [3.63, 3.8) is 0 Å². The quantitative estimate of drug-likeness (QED) is 0.554. The van der Waals surface area contributed by atoms with Gasteiger partial charge in [0.1, 0.15) is 18.3 Å². The zero-order chi connectivity index (χ0) is 12.4. The maximum absolute atomic E-state index is 9.62. The standard InChI is InChI=1S/C11H14O6/c12-5-8-9(14)10(15)11(17-8)16-7-4-2-1-3-6(7)13/h1-4,8-15H,5H2/t8-,9-,10-,11?/m1/s1.